The third-order valence-electron chi connectivity index (χ3n) is 2.34. The Balaban J connectivity index is 2.18. The molecule has 0 saturated heterocycles. The third kappa shape index (κ3) is 2.83. The average Bonchev–Trinajstić information content (AvgIpc) is 2.74. The summed E-state index contributed by atoms with van der Waals surface area (Å²) in [4.78, 5) is 6.68. The maximum Gasteiger partial charge on any atom is 0.123 e. The van der Waals surface area contributed by atoms with E-state index in [4.69, 9.17) is 5.53 Å². The lowest BCUT2D eigenvalue weighted by molar-refractivity contribution is 0.622. The van der Waals surface area contributed by atoms with E-state index in [1.165, 1.54) is 12.1 Å². The number of hydrogen-bond acceptors (Lipinski definition) is 2. The van der Waals surface area contributed by atoms with Crippen LogP contribution in [-0.2, 0) is 13.1 Å². The quantitative estimate of drug-likeness (QED) is 0.453. The van der Waals surface area contributed by atoms with Gasteiger partial charge in [-0.25, -0.2) is 9.37 Å². The van der Waals surface area contributed by atoms with E-state index < -0.39 is 0 Å². The van der Waals surface area contributed by atoms with E-state index in [1.807, 2.05) is 10.6 Å². The van der Waals surface area contributed by atoms with Gasteiger partial charge in [-0.1, -0.05) is 17.2 Å². The molecule has 0 saturated carbocycles. The SMILES string of the molecule is [N-]=[N+]=NCc1cncn1Cc1cccc(F)c1. The number of hydrogen-bond donors (Lipinski definition) is 0. The molecule has 1 aromatic carbocycles. The Bertz CT molecular complexity index is 556. The fraction of sp³-hybridized carbons (Fsp3) is 0.182. The van der Waals surface area contributed by atoms with Crippen LogP contribution in [0.25, 0.3) is 10.4 Å². The molecule has 0 amide bonds. The van der Waals surface area contributed by atoms with Gasteiger partial charge in [0.2, 0.25) is 0 Å². The van der Waals surface area contributed by atoms with Gasteiger partial charge in [0, 0.05) is 23.3 Å². The Kier molecular flexibility index (Phi) is 3.37. The normalized spacial score (nSPS) is 9.94. The highest BCUT2D eigenvalue weighted by molar-refractivity contribution is 5.17. The van der Waals surface area contributed by atoms with Gasteiger partial charge < -0.3 is 4.57 Å². The minimum absolute atomic E-state index is 0.242. The molecule has 5 nitrogen and oxygen atoms in total. The number of nitrogens with zero attached hydrogens (tertiary/aromatic N) is 5. The fourth-order valence-corrected chi connectivity index (χ4v) is 1.56. The maximum atomic E-state index is 13.0. The summed E-state index contributed by atoms with van der Waals surface area (Å²) in [7, 11) is 0. The van der Waals surface area contributed by atoms with Gasteiger partial charge in [-0.15, -0.1) is 0 Å². The predicted molar refractivity (Wildman–Crippen MR) is 60.6 cm³/mol. The second kappa shape index (κ2) is 5.14. The molecule has 0 spiro atoms. The fourth-order valence-electron chi connectivity index (χ4n) is 1.56. The Hall–Kier alpha value is -2.33. The van der Waals surface area contributed by atoms with Crippen molar-refractivity contribution in [2.24, 2.45) is 5.11 Å². The molecular formula is C11H10FN5. The smallest absolute Gasteiger partial charge is 0.123 e. The van der Waals surface area contributed by atoms with Gasteiger partial charge in [-0.2, -0.15) is 0 Å². The molecule has 0 aliphatic rings. The molecule has 0 atom stereocenters. The second-order valence-electron chi connectivity index (χ2n) is 3.53. The molecule has 17 heavy (non-hydrogen) atoms. The summed E-state index contributed by atoms with van der Waals surface area (Å²) in [5.41, 5.74) is 9.90. The van der Waals surface area contributed by atoms with Crippen molar-refractivity contribution in [3.05, 3.63) is 64.3 Å². The van der Waals surface area contributed by atoms with Crippen LogP contribution in [0.15, 0.2) is 41.9 Å². The Labute approximate surface area is 97.2 Å². The number of aromatic nitrogens is 2. The molecule has 0 unspecified atom stereocenters. The van der Waals surface area contributed by atoms with Crippen LogP contribution in [0.2, 0.25) is 0 Å². The first-order valence-corrected chi connectivity index (χ1v) is 5.04. The molecular weight excluding hydrogens is 221 g/mol. The number of benzene rings is 1. The lowest BCUT2D eigenvalue weighted by Gasteiger charge is -2.06. The van der Waals surface area contributed by atoms with E-state index in [-0.39, 0.29) is 12.4 Å². The molecule has 2 aromatic rings. The van der Waals surface area contributed by atoms with Crippen molar-refractivity contribution in [2.75, 3.05) is 0 Å². The third-order valence-corrected chi connectivity index (χ3v) is 2.34. The van der Waals surface area contributed by atoms with Crippen LogP contribution in [0.1, 0.15) is 11.3 Å². The van der Waals surface area contributed by atoms with Gasteiger partial charge in [-0.05, 0) is 23.2 Å². The predicted octanol–water partition coefficient (Wildman–Crippen LogP) is 2.88. The zero-order valence-electron chi connectivity index (χ0n) is 8.99. The summed E-state index contributed by atoms with van der Waals surface area (Å²) in [5, 5.41) is 3.48. The van der Waals surface area contributed by atoms with Gasteiger partial charge in [0.15, 0.2) is 0 Å². The highest BCUT2D eigenvalue weighted by Crippen LogP contribution is 2.09. The molecule has 0 aliphatic carbocycles. The molecule has 6 heteroatoms. The Morgan fingerprint density at radius 3 is 3.12 bits per heavy atom. The van der Waals surface area contributed by atoms with Crippen LogP contribution in [0.4, 0.5) is 4.39 Å². The van der Waals surface area contributed by atoms with Gasteiger partial charge in [-0.3, -0.25) is 0 Å². The zero-order valence-corrected chi connectivity index (χ0v) is 8.99. The average molecular weight is 231 g/mol. The minimum atomic E-state index is -0.265. The van der Waals surface area contributed by atoms with Crippen LogP contribution in [0.3, 0.4) is 0 Å². The van der Waals surface area contributed by atoms with E-state index in [1.54, 1.807) is 18.6 Å². The summed E-state index contributed by atoms with van der Waals surface area (Å²) in [6.07, 6.45) is 3.26. The summed E-state index contributed by atoms with van der Waals surface area (Å²) >= 11 is 0. The Morgan fingerprint density at radius 1 is 1.47 bits per heavy atom. The number of halogens is 1. The monoisotopic (exact) mass is 231 g/mol. The van der Waals surface area contributed by atoms with Crippen LogP contribution in [0, 0.1) is 5.82 Å². The van der Waals surface area contributed by atoms with Crippen molar-refractivity contribution in [2.45, 2.75) is 13.1 Å². The molecule has 2 rings (SSSR count). The molecule has 0 fully saturated rings. The topological polar surface area (TPSA) is 66.6 Å². The van der Waals surface area contributed by atoms with Crippen LogP contribution in [-0.4, -0.2) is 9.55 Å². The van der Waals surface area contributed by atoms with Crippen molar-refractivity contribution in [3.63, 3.8) is 0 Å². The second-order valence-corrected chi connectivity index (χ2v) is 3.53. The zero-order chi connectivity index (χ0) is 12.1. The Morgan fingerprint density at radius 2 is 2.35 bits per heavy atom. The maximum absolute atomic E-state index is 13.0. The van der Waals surface area contributed by atoms with Crippen molar-refractivity contribution in [3.8, 4) is 0 Å². The molecule has 0 aliphatic heterocycles. The molecule has 0 radical (unpaired) electrons. The lowest BCUT2D eigenvalue weighted by atomic mass is 10.2. The largest absolute Gasteiger partial charge is 0.330 e. The number of rotatable bonds is 4. The van der Waals surface area contributed by atoms with Crippen molar-refractivity contribution in [1.29, 1.82) is 0 Å². The van der Waals surface area contributed by atoms with Gasteiger partial charge in [0.1, 0.15) is 5.82 Å². The molecule has 1 heterocycles. The van der Waals surface area contributed by atoms with E-state index in [2.05, 4.69) is 15.0 Å². The highest BCUT2D eigenvalue weighted by Gasteiger charge is 2.02. The van der Waals surface area contributed by atoms with Gasteiger partial charge in [0.25, 0.3) is 0 Å². The van der Waals surface area contributed by atoms with Crippen molar-refractivity contribution < 1.29 is 4.39 Å². The van der Waals surface area contributed by atoms with Crippen LogP contribution < -0.4 is 0 Å². The first kappa shape index (κ1) is 11.2. The molecule has 0 N–H and O–H groups in total. The molecule has 1 aromatic heterocycles. The summed E-state index contributed by atoms with van der Waals surface area (Å²) in [6, 6.07) is 6.37. The highest BCUT2D eigenvalue weighted by atomic mass is 19.1. The summed E-state index contributed by atoms with van der Waals surface area (Å²) < 4.78 is 14.8. The van der Waals surface area contributed by atoms with E-state index >= 15 is 0 Å². The van der Waals surface area contributed by atoms with Gasteiger partial charge >= 0.3 is 0 Å². The van der Waals surface area contributed by atoms with Gasteiger partial charge in [0.05, 0.1) is 12.9 Å². The number of imidazole rings is 1. The first-order chi connectivity index (χ1) is 8.29. The standard InChI is InChI=1S/C11H10FN5/c12-10-3-1-2-9(4-10)7-17-8-14-5-11(17)6-15-16-13/h1-5,8H,6-7H2. The molecule has 86 valence electrons. The van der Waals surface area contributed by atoms with E-state index in [9.17, 15) is 4.39 Å². The summed E-state index contributed by atoms with van der Waals surface area (Å²) in [5.74, 6) is -0.265. The first-order valence-electron chi connectivity index (χ1n) is 5.04. The minimum Gasteiger partial charge on any atom is -0.330 e. The van der Waals surface area contributed by atoms with Crippen molar-refractivity contribution in [1.82, 2.24) is 9.55 Å². The van der Waals surface area contributed by atoms with Crippen LogP contribution in [0.5, 0.6) is 0 Å². The summed E-state index contributed by atoms with van der Waals surface area (Å²) in [6.45, 7) is 0.750. The van der Waals surface area contributed by atoms with E-state index in [0.29, 0.717) is 6.54 Å². The van der Waals surface area contributed by atoms with Crippen molar-refractivity contribution >= 4 is 0 Å². The molecule has 0 bridgehead atoms. The number of azide groups is 1. The van der Waals surface area contributed by atoms with E-state index in [0.717, 1.165) is 11.3 Å². The van der Waals surface area contributed by atoms with Crippen LogP contribution >= 0.6 is 0 Å². The lowest BCUT2D eigenvalue weighted by Crippen LogP contribution is -2.02.